The average molecular weight is 314 g/mol. The van der Waals surface area contributed by atoms with Crippen LogP contribution in [-0.2, 0) is 0 Å². The van der Waals surface area contributed by atoms with E-state index in [4.69, 9.17) is 4.74 Å². The molecule has 4 rings (SSSR count). The third-order valence-electron chi connectivity index (χ3n) is 3.74. The first-order valence-corrected chi connectivity index (χ1v) is 7.62. The molecule has 4 heteroatoms. The summed E-state index contributed by atoms with van der Waals surface area (Å²) in [6.07, 6.45) is 0. The lowest BCUT2D eigenvalue weighted by Crippen LogP contribution is -2.07. The van der Waals surface area contributed by atoms with Crippen LogP contribution in [0.3, 0.4) is 0 Å². The van der Waals surface area contributed by atoms with Crippen LogP contribution in [0.1, 0.15) is 10.4 Å². The number of imidazole rings is 1. The molecule has 1 N–H and O–H groups in total. The summed E-state index contributed by atoms with van der Waals surface area (Å²) in [7, 11) is 0. The van der Waals surface area contributed by atoms with Gasteiger partial charge in [0.05, 0.1) is 16.6 Å². The zero-order valence-corrected chi connectivity index (χ0v) is 12.8. The highest BCUT2D eigenvalue weighted by atomic mass is 16.5. The fraction of sp³-hybridized carbons (Fsp3) is 0. The number of aromatic nitrogens is 2. The van der Waals surface area contributed by atoms with Crippen LogP contribution < -0.4 is 4.74 Å². The van der Waals surface area contributed by atoms with Crippen LogP contribution in [0.25, 0.3) is 22.4 Å². The number of hydrogen-bond acceptors (Lipinski definition) is 3. The van der Waals surface area contributed by atoms with E-state index in [-0.39, 0.29) is 5.97 Å². The monoisotopic (exact) mass is 314 g/mol. The van der Waals surface area contributed by atoms with Crippen LogP contribution in [0.15, 0.2) is 78.9 Å². The van der Waals surface area contributed by atoms with E-state index in [0.29, 0.717) is 11.3 Å². The van der Waals surface area contributed by atoms with Gasteiger partial charge in [-0.15, -0.1) is 0 Å². The second-order valence-corrected chi connectivity index (χ2v) is 5.38. The fourth-order valence-electron chi connectivity index (χ4n) is 2.51. The van der Waals surface area contributed by atoms with Crippen molar-refractivity contribution >= 4 is 17.0 Å². The van der Waals surface area contributed by atoms with Crippen molar-refractivity contribution < 1.29 is 9.53 Å². The standard InChI is InChI=1S/C20H14N2O2/c23-20(15-6-2-1-3-7-15)24-16-12-10-14(11-13-16)19-21-17-8-4-5-9-18(17)22-19/h1-13H,(H,21,22). The summed E-state index contributed by atoms with van der Waals surface area (Å²) in [5.41, 5.74) is 3.38. The van der Waals surface area contributed by atoms with Gasteiger partial charge in [-0.2, -0.15) is 0 Å². The topological polar surface area (TPSA) is 55.0 Å². The highest BCUT2D eigenvalue weighted by Gasteiger charge is 2.09. The Morgan fingerprint density at radius 1 is 0.833 bits per heavy atom. The van der Waals surface area contributed by atoms with Gasteiger partial charge in [0.2, 0.25) is 0 Å². The van der Waals surface area contributed by atoms with Crippen molar-refractivity contribution in [2.75, 3.05) is 0 Å². The third kappa shape index (κ3) is 2.77. The summed E-state index contributed by atoms with van der Waals surface area (Å²) in [4.78, 5) is 19.9. The van der Waals surface area contributed by atoms with E-state index in [1.54, 1.807) is 36.4 Å². The Kier molecular flexibility index (Phi) is 3.56. The zero-order chi connectivity index (χ0) is 16.4. The van der Waals surface area contributed by atoms with E-state index in [1.807, 2.05) is 42.5 Å². The smallest absolute Gasteiger partial charge is 0.343 e. The maximum atomic E-state index is 12.0. The maximum absolute atomic E-state index is 12.0. The van der Waals surface area contributed by atoms with Gasteiger partial charge in [-0.05, 0) is 48.5 Å². The van der Waals surface area contributed by atoms with Gasteiger partial charge in [0, 0.05) is 5.56 Å². The minimum absolute atomic E-state index is 0.368. The molecule has 0 saturated heterocycles. The molecule has 0 atom stereocenters. The summed E-state index contributed by atoms with van der Waals surface area (Å²) in [5, 5.41) is 0. The molecule has 0 fully saturated rings. The lowest BCUT2D eigenvalue weighted by Gasteiger charge is -2.05. The molecule has 4 nitrogen and oxygen atoms in total. The third-order valence-corrected chi connectivity index (χ3v) is 3.74. The molecule has 0 bridgehead atoms. The number of hydrogen-bond donors (Lipinski definition) is 1. The number of para-hydroxylation sites is 2. The lowest BCUT2D eigenvalue weighted by atomic mass is 10.2. The largest absolute Gasteiger partial charge is 0.423 e. The predicted octanol–water partition coefficient (Wildman–Crippen LogP) is 4.45. The number of nitrogens with zero attached hydrogens (tertiary/aromatic N) is 1. The molecule has 0 unspecified atom stereocenters. The summed E-state index contributed by atoms with van der Waals surface area (Å²) in [6.45, 7) is 0. The number of H-pyrrole nitrogens is 1. The van der Waals surface area contributed by atoms with E-state index >= 15 is 0 Å². The number of rotatable bonds is 3. The molecular formula is C20H14N2O2. The zero-order valence-electron chi connectivity index (χ0n) is 12.8. The minimum Gasteiger partial charge on any atom is -0.423 e. The molecule has 116 valence electrons. The molecule has 3 aromatic carbocycles. The average Bonchev–Trinajstić information content (AvgIpc) is 3.07. The quantitative estimate of drug-likeness (QED) is 0.449. The van der Waals surface area contributed by atoms with Crippen molar-refractivity contribution in [3.63, 3.8) is 0 Å². The van der Waals surface area contributed by atoms with Crippen molar-refractivity contribution in [2.24, 2.45) is 0 Å². The van der Waals surface area contributed by atoms with Crippen LogP contribution in [0.4, 0.5) is 0 Å². The van der Waals surface area contributed by atoms with Crippen molar-refractivity contribution in [2.45, 2.75) is 0 Å². The number of aromatic amines is 1. The van der Waals surface area contributed by atoms with Crippen LogP contribution in [-0.4, -0.2) is 15.9 Å². The first kappa shape index (κ1) is 14.2. The molecule has 0 amide bonds. The van der Waals surface area contributed by atoms with E-state index in [2.05, 4.69) is 9.97 Å². The van der Waals surface area contributed by atoms with Crippen LogP contribution in [0.2, 0.25) is 0 Å². The summed E-state index contributed by atoms with van der Waals surface area (Å²) < 4.78 is 5.38. The number of nitrogens with one attached hydrogen (secondary N) is 1. The minimum atomic E-state index is -0.368. The van der Waals surface area contributed by atoms with Gasteiger partial charge < -0.3 is 9.72 Å². The Balaban J connectivity index is 1.55. The van der Waals surface area contributed by atoms with Gasteiger partial charge in [0.15, 0.2) is 0 Å². The van der Waals surface area contributed by atoms with Crippen molar-refractivity contribution in [1.82, 2.24) is 9.97 Å². The molecule has 0 aliphatic heterocycles. The molecular weight excluding hydrogens is 300 g/mol. The van der Waals surface area contributed by atoms with Crippen molar-refractivity contribution in [1.29, 1.82) is 0 Å². The van der Waals surface area contributed by atoms with Gasteiger partial charge >= 0.3 is 5.97 Å². The first-order chi connectivity index (χ1) is 11.8. The molecule has 0 aliphatic carbocycles. The van der Waals surface area contributed by atoms with Gasteiger partial charge in [-0.1, -0.05) is 30.3 Å². The Labute approximate surface area is 138 Å². The second-order valence-electron chi connectivity index (χ2n) is 5.38. The van der Waals surface area contributed by atoms with E-state index in [0.717, 1.165) is 22.4 Å². The molecule has 0 radical (unpaired) electrons. The normalized spacial score (nSPS) is 10.7. The lowest BCUT2D eigenvalue weighted by molar-refractivity contribution is 0.0735. The fourth-order valence-corrected chi connectivity index (χ4v) is 2.51. The predicted molar refractivity (Wildman–Crippen MR) is 92.9 cm³/mol. The van der Waals surface area contributed by atoms with Gasteiger partial charge in [-0.3, -0.25) is 0 Å². The highest BCUT2D eigenvalue weighted by molar-refractivity contribution is 5.91. The summed E-state index contributed by atoms with van der Waals surface area (Å²) in [6, 6.07) is 24.1. The Morgan fingerprint density at radius 3 is 2.29 bits per heavy atom. The van der Waals surface area contributed by atoms with Gasteiger partial charge in [-0.25, -0.2) is 9.78 Å². The van der Waals surface area contributed by atoms with Crippen LogP contribution in [0, 0.1) is 0 Å². The number of carbonyl (C=O) groups excluding carboxylic acids is 1. The van der Waals surface area contributed by atoms with Crippen LogP contribution >= 0.6 is 0 Å². The SMILES string of the molecule is O=C(Oc1ccc(-c2nc3ccccc3[nH]2)cc1)c1ccccc1. The molecule has 0 aliphatic rings. The molecule has 0 spiro atoms. The van der Waals surface area contributed by atoms with Crippen molar-refractivity contribution in [3.8, 4) is 17.1 Å². The van der Waals surface area contributed by atoms with Gasteiger partial charge in [0.1, 0.15) is 11.6 Å². The number of carbonyl (C=O) groups is 1. The molecule has 24 heavy (non-hydrogen) atoms. The number of ether oxygens (including phenoxy) is 1. The molecule has 4 aromatic rings. The van der Waals surface area contributed by atoms with Crippen LogP contribution in [0.5, 0.6) is 5.75 Å². The van der Waals surface area contributed by atoms with E-state index in [9.17, 15) is 4.79 Å². The molecule has 0 saturated carbocycles. The highest BCUT2D eigenvalue weighted by Crippen LogP contribution is 2.23. The summed E-state index contributed by atoms with van der Waals surface area (Å²) in [5.74, 6) is 0.924. The number of esters is 1. The number of benzene rings is 3. The van der Waals surface area contributed by atoms with Gasteiger partial charge in [0.25, 0.3) is 0 Å². The Bertz CT molecular complexity index is 956. The maximum Gasteiger partial charge on any atom is 0.343 e. The molecule has 1 heterocycles. The number of fused-ring (bicyclic) bond motifs is 1. The Hall–Kier alpha value is -3.40. The van der Waals surface area contributed by atoms with E-state index < -0.39 is 0 Å². The first-order valence-electron chi connectivity index (χ1n) is 7.62. The van der Waals surface area contributed by atoms with E-state index in [1.165, 1.54) is 0 Å². The Morgan fingerprint density at radius 2 is 1.54 bits per heavy atom. The van der Waals surface area contributed by atoms with Crippen molar-refractivity contribution in [3.05, 3.63) is 84.4 Å². The second kappa shape index (κ2) is 6.01. The molecule has 1 aromatic heterocycles. The summed E-state index contributed by atoms with van der Waals surface area (Å²) >= 11 is 0.